The van der Waals surface area contributed by atoms with Gasteiger partial charge in [0, 0.05) is 60.8 Å². The minimum absolute atomic E-state index is 0.327. The van der Waals surface area contributed by atoms with Crippen molar-refractivity contribution < 1.29 is 9.94 Å². The van der Waals surface area contributed by atoms with E-state index in [9.17, 15) is 5.21 Å². The highest BCUT2D eigenvalue weighted by Crippen LogP contribution is 2.50. The van der Waals surface area contributed by atoms with Gasteiger partial charge in [-0.2, -0.15) is 0 Å². The third kappa shape index (κ3) is 2.97. The van der Waals surface area contributed by atoms with Gasteiger partial charge in [0.15, 0.2) is 5.16 Å². The Morgan fingerprint density at radius 2 is 2.03 bits per heavy atom. The van der Waals surface area contributed by atoms with Gasteiger partial charge in [-0.05, 0) is 52.9 Å². The van der Waals surface area contributed by atoms with E-state index in [4.69, 9.17) is 15.7 Å². The average molecular weight is 471 g/mol. The second-order valence-electron chi connectivity index (χ2n) is 9.25. The van der Waals surface area contributed by atoms with Gasteiger partial charge in [-0.1, -0.05) is 12.1 Å². The number of rotatable bonds is 4. The fraction of sp³-hybridized carbons (Fsp3) is 0.280. The molecule has 2 fully saturated rings. The van der Waals surface area contributed by atoms with Crippen LogP contribution in [0.1, 0.15) is 11.3 Å². The Hall–Kier alpha value is -3.43. The lowest BCUT2D eigenvalue weighted by Crippen LogP contribution is -2.30. The van der Waals surface area contributed by atoms with Gasteiger partial charge in [-0.15, -0.1) is 0 Å². The molecule has 3 aromatic heterocycles. The Kier molecular flexibility index (Phi) is 4.28. The molecule has 4 N–H and O–H groups in total. The van der Waals surface area contributed by atoms with Gasteiger partial charge < -0.3 is 16.0 Å². The highest BCUT2D eigenvalue weighted by atomic mass is 32.2. The smallest absolute Gasteiger partial charge is 0.282 e. The van der Waals surface area contributed by atoms with Gasteiger partial charge in [0.25, 0.3) is 5.52 Å². The maximum atomic E-state index is 10.4. The molecule has 4 aromatic rings. The van der Waals surface area contributed by atoms with Gasteiger partial charge in [0.05, 0.1) is 10.6 Å². The van der Waals surface area contributed by atoms with Crippen LogP contribution in [0.3, 0.4) is 0 Å². The first kappa shape index (κ1) is 20.0. The van der Waals surface area contributed by atoms with Crippen LogP contribution in [0.5, 0.6) is 0 Å². The van der Waals surface area contributed by atoms with Crippen LogP contribution < -0.4 is 20.7 Å². The van der Waals surface area contributed by atoms with E-state index < -0.39 is 0 Å². The monoisotopic (exact) mass is 470 g/mol. The molecule has 8 nitrogen and oxygen atoms in total. The quantitative estimate of drug-likeness (QED) is 0.209. The molecule has 7 rings (SSSR count). The van der Waals surface area contributed by atoms with E-state index in [1.807, 2.05) is 19.2 Å². The van der Waals surface area contributed by atoms with E-state index in [0.29, 0.717) is 28.6 Å². The molecular formula is C25H24N7OS+. The zero-order valence-electron chi connectivity index (χ0n) is 18.6. The van der Waals surface area contributed by atoms with Gasteiger partial charge in [-0.25, -0.2) is 15.0 Å². The summed E-state index contributed by atoms with van der Waals surface area (Å²) in [6.45, 7) is 1.88. The molecule has 2 aliphatic carbocycles. The minimum atomic E-state index is 0.327. The minimum Gasteiger partial charge on any atom is -0.388 e. The van der Waals surface area contributed by atoms with Gasteiger partial charge in [0.1, 0.15) is 11.3 Å². The van der Waals surface area contributed by atoms with E-state index in [1.54, 1.807) is 18.5 Å². The summed E-state index contributed by atoms with van der Waals surface area (Å²) in [5, 5.41) is 14.4. The van der Waals surface area contributed by atoms with E-state index >= 15 is 0 Å². The lowest BCUT2D eigenvalue weighted by molar-refractivity contribution is -0.886. The number of aromatic nitrogens is 4. The molecule has 3 aliphatic rings. The first-order valence-electron chi connectivity index (χ1n) is 11.5. The molecule has 1 aromatic carbocycles. The van der Waals surface area contributed by atoms with Crippen LogP contribution in [-0.4, -0.2) is 46.3 Å². The molecule has 0 spiro atoms. The van der Waals surface area contributed by atoms with Crippen molar-refractivity contribution in [1.82, 2.24) is 15.0 Å². The van der Waals surface area contributed by atoms with Crippen LogP contribution in [0, 0.1) is 11.8 Å². The normalized spacial score (nSPS) is 21.9. The van der Waals surface area contributed by atoms with Gasteiger partial charge in [0.2, 0.25) is 6.20 Å². The van der Waals surface area contributed by atoms with Crippen LogP contribution in [0.2, 0.25) is 0 Å². The number of hydrogen-bond acceptors (Lipinski definition) is 8. The Morgan fingerprint density at radius 3 is 2.85 bits per heavy atom. The maximum absolute atomic E-state index is 10.4. The van der Waals surface area contributed by atoms with Crippen LogP contribution in [0.15, 0.2) is 58.8 Å². The number of benzene rings is 1. The fourth-order valence-electron chi connectivity index (χ4n) is 5.55. The van der Waals surface area contributed by atoms with E-state index in [1.165, 1.54) is 22.9 Å². The number of anilines is 2. The molecule has 34 heavy (non-hydrogen) atoms. The van der Waals surface area contributed by atoms with Crippen LogP contribution >= 0.6 is 11.8 Å². The van der Waals surface area contributed by atoms with Gasteiger partial charge in [-0.3, -0.25) is 5.21 Å². The van der Waals surface area contributed by atoms with Crippen molar-refractivity contribution in [3.63, 3.8) is 0 Å². The number of nitrogens with zero attached hydrogens (tertiary/aromatic N) is 5. The molecule has 2 atom stereocenters. The first-order valence-corrected chi connectivity index (χ1v) is 12.3. The lowest BCUT2D eigenvalue weighted by atomic mass is 10.1. The number of pyridine rings is 2. The molecule has 0 radical (unpaired) electrons. The zero-order chi connectivity index (χ0) is 23.0. The molecule has 2 unspecified atom stereocenters. The second kappa shape index (κ2) is 7.28. The Morgan fingerprint density at radius 1 is 1.18 bits per heavy atom. The first-order chi connectivity index (χ1) is 16.6. The number of fused-ring (bicyclic) bond motifs is 5. The molecular weight excluding hydrogens is 446 g/mol. The van der Waals surface area contributed by atoms with Crippen molar-refractivity contribution in [2.24, 2.45) is 17.6 Å². The molecule has 1 aliphatic heterocycles. The zero-order valence-corrected chi connectivity index (χ0v) is 19.5. The summed E-state index contributed by atoms with van der Waals surface area (Å²) in [5.74, 6) is 2.12. The maximum Gasteiger partial charge on any atom is 0.282 e. The fourth-order valence-corrected chi connectivity index (χ4v) is 6.37. The number of nitrogens with two attached hydrogens (primary N) is 1. The lowest BCUT2D eigenvalue weighted by Gasteiger charge is -2.23. The van der Waals surface area contributed by atoms with Crippen molar-refractivity contribution in [2.45, 2.75) is 22.5 Å². The Bertz CT molecular complexity index is 1460. The standard InChI is InChI=1S/C25H24N7OS/c1-27-18-5-2-4-14-15(18)9-20-22(14)24(31-11-16-17(12-31)23(16)26)30-25(29-20)34-13-8-19-21(32(33)10-13)6-3-7-28-19/h2-8,10,16-17,23,27,33H,9,11-12,26H2,1H3/q+1. The number of nitrogens with one attached hydrogen (secondary N) is 1. The summed E-state index contributed by atoms with van der Waals surface area (Å²) in [4.78, 5) is 17.7. The highest BCUT2D eigenvalue weighted by Gasteiger charge is 2.54. The molecule has 0 amide bonds. The topological polar surface area (TPSA) is 104 Å². The summed E-state index contributed by atoms with van der Waals surface area (Å²) in [6.07, 6.45) is 4.17. The summed E-state index contributed by atoms with van der Waals surface area (Å²) < 4.78 is 1.11. The van der Waals surface area contributed by atoms with Crippen molar-refractivity contribution >= 4 is 34.3 Å². The highest BCUT2D eigenvalue weighted by molar-refractivity contribution is 7.99. The van der Waals surface area contributed by atoms with Crippen LogP contribution in [0.4, 0.5) is 11.5 Å². The third-order valence-electron chi connectivity index (χ3n) is 7.36. The van der Waals surface area contributed by atoms with Crippen molar-refractivity contribution in [3.05, 3.63) is 60.0 Å². The largest absolute Gasteiger partial charge is 0.388 e. The average Bonchev–Trinajstić information content (AvgIpc) is 3.20. The van der Waals surface area contributed by atoms with Gasteiger partial charge >= 0.3 is 0 Å². The second-order valence-corrected chi connectivity index (χ2v) is 10.3. The summed E-state index contributed by atoms with van der Waals surface area (Å²) in [6, 6.07) is 12.3. The SMILES string of the molecule is CNc1cccc2c1Cc1nc(Sc3cc4ncccc4[n+](O)c3)nc(N3CC4C(N)C4C3)c1-2. The third-order valence-corrected chi connectivity index (χ3v) is 8.19. The molecule has 1 saturated carbocycles. The van der Waals surface area contributed by atoms with Crippen molar-refractivity contribution in [1.29, 1.82) is 0 Å². The Labute approximate surface area is 200 Å². The molecule has 170 valence electrons. The number of piperidine rings is 1. The number of hydrogen-bond donors (Lipinski definition) is 3. The van der Waals surface area contributed by atoms with Crippen LogP contribution in [0.25, 0.3) is 22.2 Å². The summed E-state index contributed by atoms with van der Waals surface area (Å²) in [7, 11) is 1.96. The summed E-state index contributed by atoms with van der Waals surface area (Å²) >= 11 is 1.45. The predicted molar refractivity (Wildman–Crippen MR) is 130 cm³/mol. The van der Waals surface area contributed by atoms with E-state index in [2.05, 4.69) is 33.4 Å². The predicted octanol–water partition coefficient (Wildman–Crippen LogP) is 2.71. The Balaban J connectivity index is 1.33. The van der Waals surface area contributed by atoms with Crippen molar-refractivity contribution in [3.8, 4) is 11.1 Å². The summed E-state index contributed by atoms with van der Waals surface area (Å²) in [5.41, 5.74) is 13.4. The molecule has 1 saturated heterocycles. The van der Waals surface area contributed by atoms with E-state index in [-0.39, 0.29) is 0 Å². The van der Waals surface area contributed by atoms with Crippen LogP contribution in [-0.2, 0) is 6.42 Å². The van der Waals surface area contributed by atoms with E-state index in [0.717, 1.165) is 57.4 Å². The molecule has 4 heterocycles. The molecule has 9 heteroatoms. The van der Waals surface area contributed by atoms with Crippen molar-refractivity contribution in [2.75, 3.05) is 30.4 Å². The molecule has 0 bridgehead atoms.